The van der Waals surface area contributed by atoms with Crippen LogP contribution in [-0.4, -0.2) is 16.8 Å². The maximum Gasteiger partial charge on any atom is 0.251 e. The highest BCUT2D eigenvalue weighted by Crippen LogP contribution is 2.20. The first-order valence-electron chi connectivity index (χ1n) is 9.13. The van der Waals surface area contributed by atoms with Gasteiger partial charge in [-0.2, -0.15) is 0 Å². The number of nitrogens with zero attached hydrogens (tertiary/aromatic N) is 1. The van der Waals surface area contributed by atoms with Gasteiger partial charge in [-0.1, -0.05) is 33.3 Å². The summed E-state index contributed by atoms with van der Waals surface area (Å²) in [5, 5.41) is 5.90. The maximum atomic E-state index is 12.6. The van der Waals surface area contributed by atoms with Gasteiger partial charge in [0.05, 0.1) is 11.7 Å². The van der Waals surface area contributed by atoms with Crippen LogP contribution in [0.5, 0.6) is 0 Å². The van der Waals surface area contributed by atoms with E-state index in [-0.39, 0.29) is 23.8 Å². The fourth-order valence-corrected chi connectivity index (χ4v) is 2.63. The van der Waals surface area contributed by atoms with Crippen molar-refractivity contribution in [1.29, 1.82) is 0 Å². The summed E-state index contributed by atoms with van der Waals surface area (Å²) in [6, 6.07) is 12.5. The zero-order valence-electron chi connectivity index (χ0n) is 15.7. The number of carbonyl (C=O) groups excluding carboxylic acids is 2. The molecule has 0 aliphatic rings. The van der Waals surface area contributed by atoms with Crippen molar-refractivity contribution in [2.45, 2.75) is 46.1 Å². The Hall–Kier alpha value is -2.69. The number of unbranched alkanes of at least 4 members (excludes halogenated alkanes) is 1. The van der Waals surface area contributed by atoms with E-state index in [4.69, 9.17) is 0 Å². The summed E-state index contributed by atoms with van der Waals surface area (Å²) in [6.45, 7) is 6.15. The van der Waals surface area contributed by atoms with Crippen molar-refractivity contribution >= 4 is 17.5 Å². The highest BCUT2D eigenvalue weighted by atomic mass is 16.2. The van der Waals surface area contributed by atoms with Crippen molar-refractivity contribution in [3.63, 3.8) is 0 Å². The first kappa shape index (κ1) is 19.6. The summed E-state index contributed by atoms with van der Waals surface area (Å²) >= 11 is 0. The molecule has 0 saturated carbocycles. The second kappa shape index (κ2) is 9.70. The van der Waals surface area contributed by atoms with Crippen LogP contribution in [0.25, 0.3) is 0 Å². The molecular formula is C21H27N3O2. The van der Waals surface area contributed by atoms with Crippen LogP contribution in [0.15, 0.2) is 48.7 Å². The van der Waals surface area contributed by atoms with Crippen molar-refractivity contribution in [3.05, 3.63) is 59.9 Å². The van der Waals surface area contributed by atoms with Crippen LogP contribution in [0, 0.1) is 5.92 Å². The van der Waals surface area contributed by atoms with E-state index in [1.807, 2.05) is 18.2 Å². The smallest absolute Gasteiger partial charge is 0.251 e. The van der Waals surface area contributed by atoms with Crippen molar-refractivity contribution in [2.24, 2.45) is 5.92 Å². The Morgan fingerprint density at radius 2 is 1.81 bits per heavy atom. The number of hydrogen-bond acceptors (Lipinski definition) is 3. The Kier molecular flexibility index (Phi) is 7.33. The minimum atomic E-state index is -0.155. The van der Waals surface area contributed by atoms with Crippen molar-refractivity contribution < 1.29 is 9.59 Å². The van der Waals surface area contributed by atoms with Crippen LogP contribution in [-0.2, 0) is 4.79 Å². The molecule has 1 aromatic carbocycles. The molecule has 2 N–H and O–H groups in total. The monoisotopic (exact) mass is 353 g/mol. The normalized spacial score (nSPS) is 11.8. The molecule has 26 heavy (non-hydrogen) atoms. The molecule has 0 radical (unpaired) electrons. The van der Waals surface area contributed by atoms with Gasteiger partial charge in [-0.25, -0.2) is 0 Å². The van der Waals surface area contributed by atoms with E-state index in [9.17, 15) is 9.59 Å². The number of carbonyl (C=O) groups is 2. The Balaban J connectivity index is 2.01. The lowest BCUT2D eigenvalue weighted by molar-refractivity contribution is -0.116. The molecule has 138 valence electrons. The highest BCUT2D eigenvalue weighted by Gasteiger charge is 2.20. The third kappa shape index (κ3) is 5.69. The lowest BCUT2D eigenvalue weighted by atomic mass is 9.99. The van der Waals surface area contributed by atoms with Gasteiger partial charge in [0.1, 0.15) is 0 Å². The van der Waals surface area contributed by atoms with E-state index in [1.54, 1.807) is 30.5 Å². The minimum absolute atomic E-state index is 0.000856. The van der Waals surface area contributed by atoms with E-state index in [0.29, 0.717) is 17.7 Å². The second-order valence-electron chi connectivity index (χ2n) is 6.68. The number of rotatable bonds is 8. The highest BCUT2D eigenvalue weighted by molar-refractivity contribution is 5.96. The molecule has 5 nitrogen and oxygen atoms in total. The lowest BCUT2D eigenvalue weighted by Gasteiger charge is -2.22. The molecule has 2 aromatic rings. The van der Waals surface area contributed by atoms with Gasteiger partial charge in [0.25, 0.3) is 5.91 Å². The molecular weight excluding hydrogens is 326 g/mol. The van der Waals surface area contributed by atoms with Gasteiger partial charge in [0.15, 0.2) is 0 Å². The third-order valence-corrected chi connectivity index (χ3v) is 4.15. The van der Waals surface area contributed by atoms with Gasteiger partial charge in [0, 0.05) is 23.9 Å². The van der Waals surface area contributed by atoms with Gasteiger partial charge >= 0.3 is 0 Å². The van der Waals surface area contributed by atoms with Crippen LogP contribution in [0.1, 0.15) is 62.1 Å². The Labute approximate surface area is 155 Å². The predicted molar refractivity (Wildman–Crippen MR) is 104 cm³/mol. The topological polar surface area (TPSA) is 71.1 Å². The number of aromatic nitrogens is 1. The first-order chi connectivity index (χ1) is 12.5. The van der Waals surface area contributed by atoms with E-state index in [1.165, 1.54) is 0 Å². The van der Waals surface area contributed by atoms with Gasteiger partial charge in [-0.15, -0.1) is 0 Å². The van der Waals surface area contributed by atoms with Crippen molar-refractivity contribution in [2.75, 3.05) is 5.32 Å². The van der Waals surface area contributed by atoms with Crippen LogP contribution in [0.2, 0.25) is 0 Å². The zero-order valence-corrected chi connectivity index (χ0v) is 15.7. The Bertz CT molecular complexity index is 712. The summed E-state index contributed by atoms with van der Waals surface area (Å²) in [5.41, 5.74) is 2.10. The summed E-state index contributed by atoms with van der Waals surface area (Å²) in [5.74, 6) is 0.0586. The molecule has 2 amide bonds. The summed E-state index contributed by atoms with van der Waals surface area (Å²) in [4.78, 5) is 28.7. The molecule has 0 aliphatic heterocycles. The Morgan fingerprint density at radius 1 is 1.08 bits per heavy atom. The molecule has 0 unspecified atom stereocenters. The predicted octanol–water partition coefficient (Wildman–Crippen LogP) is 4.34. The largest absolute Gasteiger partial charge is 0.343 e. The zero-order chi connectivity index (χ0) is 18.9. The quantitative estimate of drug-likeness (QED) is 0.742. The number of pyridine rings is 1. The summed E-state index contributed by atoms with van der Waals surface area (Å²) < 4.78 is 0. The third-order valence-electron chi connectivity index (χ3n) is 4.15. The van der Waals surface area contributed by atoms with Crippen LogP contribution in [0.4, 0.5) is 5.69 Å². The van der Waals surface area contributed by atoms with Crippen molar-refractivity contribution in [3.8, 4) is 0 Å². The fraction of sp³-hybridized carbons (Fsp3) is 0.381. The number of hydrogen-bond donors (Lipinski definition) is 2. The van der Waals surface area contributed by atoms with E-state index in [0.717, 1.165) is 18.5 Å². The molecule has 0 bridgehead atoms. The summed E-state index contributed by atoms with van der Waals surface area (Å²) in [6.07, 6.45) is 4.10. The van der Waals surface area contributed by atoms with E-state index < -0.39 is 0 Å². The molecule has 1 atom stereocenters. The molecule has 1 heterocycles. The standard InChI is InChI=1S/C21H27N3O2/c1-4-5-9-19(25)23-17-12-10-16(11-13-17)21(26)24-20(15(2)3)18-8-6-7-14-22-18/h6-8,10-15,20H,4-5,9H2,1-3H3,(H,23,25)(H,24,26)/t20-/m1/s1. The molecule has 1 aromatic heterocycles. The molecule has 5 heteroatoms. The number of amides is 2. The average molecular weight is 353 g/mol. The van der Waals surface area contributed by atoms with Crippen LogP contribution < -0.4 is 10.6 Å². The molecule has 2 rings (SSSR count). The Morgan fingerprint density at radius 3 is 2.38 bits per heavy atom. The SMILES string of the molecule is CCCCC(=O)Nc1ccc(C(=O)N[C@@H](c2ccccn2)C(C)C)cc1. The number of nitrogens with one attached hydrogen (secondary N) is 2. The van der Waals surface area contributed by atoms with Crippen molar-refractivity contribution in [1.82, 2.24) is 10.3 Å². The lowest BCUT2D eigenvalue weighted by Crippen LogP contribution is -2.32. The number of benzene rings is 1. The molecule has 0 aliphatic carbocycles. The average Bonchev–Trinajstić information content (AvgIpc) is 2.65. The van der Waals surface area contributed by atoms with E-state index in [2.05, 4.69) is 36.4 Å². The van der Waals surface area contributed by atoms with Gasteiger partial charge in [-0.05, 0) is 48.7 Å². The second-order valence-corrected chi connectivity index (χ2v) is 6.68. The maximum absolute atomic E-state index is 12.6. The van der Waals surface area contributed by atoms with Gasteiger partial charge < -0.3 is 10.6 Å². The molecule has 0 fully saturated rings. The van der Waals surface area contributed by atoms with Gasteiger partial charge in [0.2, 0.25) is 5.91 Å². The molecule has 0 saturated heterocycles. The minimum Gasteiger partial charge on any atom is -0.343 e. The van der Waals surface area contributed by atoms with Crippen LogP contribution in [0.3, 0.4) is 0 Å². The van der Waals surface area contributed by atoms with Crippen LogP contribution >= 0.6 is 0 Å². The number of anilines is 1. The first-order valence-corrected chi connectivity index (χ1v) is 9.13. The van der Waals surface area contributed by atoms with Gasteiger partial charge in [-0.3, -0.25) is 14.6 Å². The molecule has 0 spiro atoms. The van der Waals surface area contributed by atoms with E-state index >= 15 is 0 Å². The summed E-state index contributed by atoms with van der Waals surface area (Å²) in [7, 11) is 0. The fourth-order valence-electron chi connectivity index (χ4n) is 2.63.